The number of anilines is 1. The van der Waals surface area contributed by atoms with Gasteiger partial charge in [-0.2, -0.15) is 0 Å². The summed E-state index contributed by atoms with van der Waals surface area (Å²) in [4.78, 5) is 15.8. The molecule has 0 saturated carbocycles. The Morgan fingerprint density at radius 1 is 1.08 bits per heavy atom. The molecule has 2 heterocycles. The highest BCUT2D eigenvalue weighted by Gasteiger charge is 2.19. The van der Waals surface area contributed by atoms with E-state index in [0.29, 0.717) is 23.5 Å². The Morgan fingerprint density at radius 3 is 2.40 bits per heavy atom. The Labute approximate surface area is 145 Å². The van der Waals surface area contributed by atoms with E-state index in [1.807, 2.05) is 6.07 Å². The van der Waals surface area contributed by atoms with Crippen molar-refractivity contribution in [3.8, 4) is 22.9 Å². The summed E-state index contributed by atoms with van der Waals surface area (Å²) in [6, 6.07) is 5.30. The molecule has 3 aromatic rings. The van der Waals surface area contributed by atoms with Gasteiger partial charge >= 0.3 is 6.01 Å². The van der Waals surface area contributed by atoms with Crippen LogP contribution in [0.2, 0.25) is 0 Å². The van der Waals surface area contributed by atoms with Crippen molar-refractivity contribution in [1.82, 2.24) is 19.9 Å². The number of halogens is 1. The number of benzene rings is 1. The quantitative estimate of drug-likeness (QED) is 0.763. The molecule has 0 fully saturated rings. The maximum atomic E-state index is 15.2. The molecular formula is C18H18FN5O. The van der Waals surface area contributed by atoms with Gasteiger partial charge < -0.3 is 10.5 Å². The second kappa shape index (κ2) is 7.21. The minimum absolute atomic E-state index is 0.0945. The zero-order valence-electron chi connectivity index (χ0n) is 14.0. The van der Waals surface area contributed by atoms with Gasteiger partial charge in [0.25, 0.3) is 0 Å². The van der Waals surface area contributed by atoms with Gasteiger partial charge in [-0.05, 0) is 24.0 Å². The predicted octanol–water partition coefficient (Wildman–Crippen LogP) is 3.65. The molecule has 0 unspecified atom stereocenters. The van der Waals surface area contributed by atoms with Crippen LogP contribution in [0.5, 0.6) is 11.8 Å². The smallest absolute Gasteiger partial charge is 0.321 e. The summed E-state index contributed by atoms with van der Waals surface area (Å²) in [7, 11) is 0. The number of aromatic nitrogens is 4. The first kappa shape index (κ1) is 16.8. The van der Waals surface area contributed by atoms with Crippen LogP contribution in [0.15, 0.2) is 43.0 Å². The fraction of sp³-hybridized carbons (Fsp3) is 0.222. The average Bonchev–Trinajstić information content (AvgIpc) is 2.60. The third-order valence-corrected chi connectivity index (χ3v) is 3.53. The zero-order chi connectivity index (χ0) is 17.8. The first-order chi connectivity index (χ1) is 12.0. The molecule has 0 bridgehead atoms. The van der Waals surface area contributed by atoms with E-state index in [9.17, 15) is 0 Å². The Kier molecular flexibility index (Phi) is 4.83. The first-order valence-electron chi connectivity index (χ1n) is 7.88. The molecule has 0 saturated heterocycles. The van der Waals surface area contributed by atoms with Crippen LogP contribution in [-0.2, 0) is 6.42 Å². The van der Waals surface area contributed by atoms with E-state index in [-0.39, 0.29) is 17.7 Å². The van der Waals surface area contributed by atoms with Crippen LogP contribution in [0.1, 0.15) is 19.4 Å². The fourth-order valence-electron chi connectivity index (χ4n) is 2.44. The van der Waals surface area contributed by atoms with Crippen LogP contribution in [0.25, 0.3) is 11.1 Å². The third kappa shape index (κ3) is 3.88. The Bertz CT molecular complexity index is 853. The minimum atomic E-state index is -0.501. The van der Waals surface area contributed by atoms with Crippen molar-refractivity contribution in [3.63, 3.8) is 0 Å². The summed E-state index contributed by atoms with van der Waals surface area (Å²) in [5, 5.41) is 0. The average molecular weight is 339 g/mol. The molecule has 0 amide bonds. The first-order valence-corrected chi connectivity index (χ1v) is 7.88. The van der Waals surface area contributed by atoms with E-state index in [1.54, 1.807) is 24.5 Å². The van der Waals surface area contributed by atoms with Gasteiger partial charge in [-0.15, -0.1) is 0 Å². The fourth-order valence-corrected chi connectivity index (χ4v) is 2.44. The molecule has 128 valence electrons. The summed E-state index contributed by atoms with van der Waals surface area (Å²) < 4.78 is 20.9. The largest absolute Gasteiger partial charge is 0.421 e. The molecule has 0 spiro atoms. The molecule has 3 rings (SSSR count). The van der Waals surface area contributed by atoms with Crippen LogP contribution >= 0.6 is 0 Å². The van der Waals surface area contributed by atoms with Crippen molar-refractivity contribution in [3.05, 3.63) is 54.4 Å². The lowest BCUT2D eigenvalue weighted by molar-refractivity contribution is 0.403. The van der Waals surface area contributed by atoms with E-state index in [4.69, 9.17) is 10.5 Å². The second-order valence-electron chi connectivity index (χ2n) is 5.98. The number of nitrogens with zero attached hydrogens (tertiary/aromatic N) is 4. The highest BCUT2D eigenvalue weighted by Crippen LogP contribution is 2.35. The van der Waals surface area contributed by atoms with Crippen molar-refractivity contribution in [2.24, 2.45) is 5.92 Å². The van der Waals surface area contributed by atoms with E-state index in [0.717, 1.165) is 5.56 Å². The van der Waals surface area contributed by atoms with Crippen molar-refractivity contribution in [2.45, 2.75) is 20.3 Å². The molecule has 6 nitrogen and oxygen atoms in total. The number of hydrogen-bond donors (Lipinski definition) is 1. The molecule has 7 heteroatoms. The summed E-state index contributed by atoms with van der Waals surface area (Å²) in [6.45, 7) is 4.12. The number of nitrogens with two attached hydrogens (primary N) is 1. The van der Waals surface area contributed by atoms with Crippen LogP contribution in [0.4, 0.5) is 10.3 Å². The molecule has 25 heavy (non-hydrogen) atoms. The monoisotopic (exact) mass is 339 g/mol. The lowest BCUT2D eigenvalue weighted by Crippen LogP contribution is -2.03. The maximum absolute atomic E-state index is 15.2. The molecule has 0 radical (unpaired) electrons. The molecule has 2 aromatic heterocycles. The summed E-state index contributed by atoms with van der Waals surface area (Å²) >= 11 is 0. The number of ether oxygens (including phenoxy) is 1. The van der Waals surface area contributed by atoms with Crippen molar-refractivity contribution in [1.29, 1.82) is 0 Å². The van der Waals surface area contributed by atoms with Crippen molar-refractivity contribution >= 4 is 5.95 Å². The zero-order valence-corrected chi connectivity index (χ0v) is 14.0. The van der Waals surface area contributed by atoms with Crippen LogP contribution in [0.3, 0.4) is 0 Å². The number of rotatable bonds is 5. The molecule has 0 atom stereocenters. The van der Waals surface area contributed by atoms with Crippen molar-refractivity contribution < 1.29 is 9.13 Å². The van der Waals surface area contributed by atoms with E-state index >= 15 is 4.39 Å². The second-order valence-corrected chi connectivity index (χ2v) is 5.98. The predicted molar refractivity (Wildman–Crippen MR) is 92.5 cm³/mol. The topological polar surface area (TPSA) is 86.8 Å². The minimum Gasteiger partial charge on any atom is -0.421 e. The van der Waals surface area contributed by atoms with Crippen LogP contribution < -0.4 is 10.5 Å². The lowest BCUT2D eigenvalue weighted by Gasteiger charge is -2.15. The molecule has 0 aliphatic heterocycles. The van der Waals surface area contributed by atoms with Gasteiger partial charge in [-0.1, -0.05) is 26.0 Å². The van der Waals surface area contributed by atoms with Crippen LogP contribution in [-0.4, -0.2) is 19.9 Å². The number of hydrogen-bond acceptors (Lipinski definition) is 6. The summed E-state index contributed by atoms with van der Waals surface area (Å²) in [6.07, 6.45) is 6.70. The maximum Gasteiger partial charge on any atom is 0.321 e. The highest BCUT2D eigenvalue weighted by atomic mass is 19.1. The highest BCUT2D eigenvalue weighted by molar-refractivity contribution is 5.66. The molecule has 1 aromatic carbocycles. The SMILES string of the molecule is CC(C)Cc1ccc(-c2cnc(N)nc2)c(F)c1Oc1ncccn1. The molecule has 0 aliphatic carbocycles. The number of nitrogen functional groups attached to an aromatic ring is 1. The Hall–Kier alpha value is -3.09. The van der Waals surface area contributed by atoms with Crippen molar-refractivity contribution in [2.75, 3.05) is 5.73 Å². The van der Waals surface area contributed by atoms with E-state index in [1.165, 1.54) is 12.4 Å². The molecule has 0 aliphatic rings. The van der Waals surface area contributed by atoms with E-state index < -0.39 is 5.82 Å². The molecule has 2 N–H and O–H groups in total. The van der Waals surface area contributed by atoms with Gasteiger partial charge in [-0.3, -0.25) is 0 Å². The third-order valence-electron chi connectivity index (χ3n) is 3.53. The Morgan fingerprint density at radius 2 is 1.76 bits per heavy atom. The van der Waals surface area contributed by atoms with E-state index in [2.05, 4.69) is 33.8 Å². The van der Waals surface area contributed by atoms with Gasteiger partial charge in [0.2, 0.25) is 5.95 Å². The van der Waals surface area contributed by atoms with Crippen LogP contribution in [0, 0.1) is 11.7 Å². The van der Waals surface area contributed by atoms with Gasteiger partial charge in [0.05, 0.1) is 0 Å². The molecular weight excluding hydrogens is 321 g/mol. The van der Waals surface area contributed by atoms with Gasteiger partial charge in [0.15, 0.2) is 11.6 Å². The standard InChI is InChI=1S/C18H18FN5O/c1-11(2)8-12-4-5-14(13-9-23-17(20)24-10-13)15(19)16(12)25-18-21-6-3-7-22-18/h3-7,9-11H,8H2,1-2H3,(H2,20,23,24). The normalized spacial score (nSPS) is 10.9. The summed E-state index contributed by atoms with van der Waals surface area (Å²) in [5.74, 6) is 0.0899. The van der Waals surface area contributed by atoms with Gasteiger partial charge in [-0.25, -0.2) is 24.3 Å². The summed E-state index contributed by atoms with van der Waals surface area (Å²) in [5.41, 5.74) is 7.09. The van der Waals surface area contributed by atoms with Gasteiger partial charge in [0, 0.05) is 35.9 Å². The lowest BCUT2D eigenvalue weighted by atomic mass is 9.98. The van der Waals surface area contributed by atoms with Gasteiger partial charge in [0.1, 0.15) is 0 Å². The Balaban J connectivity index is 2.07.